The molecule has 0 aliphatic carbocycles. The number of aldehydes is 1. The first-order chi connectivity index (χ1) is 9.13. The Morgan fingerprint density at radius 3 is 2.68 bits per heavy atom. The lowest BCUT2D eigenvalue weighted by Crippen LogP contribution is -2.55. The largest absolute Gasteiger partial charge is 0.450 e. The van der Waals surface area contributed by atoms with Gasteiger partial charge in [-0.1, -0.05) is 0 Å². The molecule has 2 rings (SSSR count). The summed E-state index contributed by atoms with van der Waals surface area (Å²) in [6.07, 6.45) is -0.0919. The van der Waals surface area contributed by atoms with Gasteiger partial charge in [0.1, 0.15) is 18.9 Å². The second kappa shape index (κ2) is 5.44. The Labute approximate surface area is 111 Å². The van der Waals surface area contributed by atoms with Crippen molar-refractivity contribution in [1.82, 2.24) is 4.90 Å². The van der Waals surface area contributed by atoms with Crippen LogP contribution in [0.25, 0.3) is 0 Å². The van der Waals surface area contributed by atoms with Crippen LogP contribution < -0.4 is 0 Å². The van der Waals surface area contributed by atoms with Crippen LogP contribution >= 0.6 is 0 Å². The molecular formula is C12H19NO6. The van der Waals surface area contributed by atoms with Gasteiger partial charge in [0.15, 0.2) is 0 Å². The normalized spacial score (nSPS) is 32.2. The average molecular weight is 273 g/mol. The average Bonchev–Trinajstić information content (AvgIpc) is 2.97. The number of carbonyl (C=O) groups is 2. The van der Waals surface area contributed by atoms with Crippen molar-refractivity contribution in [2.24, 2.45) is 5.92 Å². The monoisotopic (exact) mass is 273 g/mol. The zero-order valence-corrected chi connectivity index (χ0v) is 11.3. The van der Waals surface area contributed by atoms with Gasteiger partial charge in [-0.25, -0.2) is 4.79 Å². The first-order valence-electron chi connectivity index (χ1n) is 6.24. The molecule has 0 aromatic heterocycles. The highest BCUT2D eigenvalue weighted by Crippen LogP contribution is 2.40. The fourth-order valence-corrected chi connectivity index (χ4v) is 2.81. The van der Waals surface area contributed by atoms with Gasteiger partial charge in [-0.3, -0.25) is 4.90 Å². The number of methoxy groups -OCH3 is 2. The zero-order chi connectivity index (χ0) is 14.0. The first-order valence-corrected chi connectivity index (χ1v) is 6.24. The third-order valence-corrected chi connectivity index (χ3v) is 3.77. The van der Waals surface area contributed by atoms with E-state index < -0.39 is 24.0 Å². The number of carbonyl (C=O) groups excluding carboxylic acids is 2. The molecular weight excluding hydrogens is 254 g/mol. The Kier molecular flexibility index (Phi) is 4.07. The highest BCUT2D eigenvalue weighted by molar-refractivity contribution is 5.71. The van der Waals surface area contributed by atoms with E-state index in [1.54, 1.807) is 6.92 Å². The Bertz CT molecular complexity index is 356. The molecule has 3 atom stereocenters. The minimum absolute atomic E-state index is 0.176. The predicted octanol–water partition coefficient (Wildman–Crippen LogP) is 0.0301. The minimum Gasteiger partial charge on any atom is -0.450 e. The quantitative estimate of drug-likeness (QED) is 0.531. The van der Waals surface area contributed by atoms with Gasteiger partial charge in [0, 0.05) is 20.8 Å². The number of fused-ring (bicyclic) bond motifs is 1. The van der Waals surface area contributed by atoms with Crippen LogP contribution in [0, 0.1) is 5.92 Å². The summed E-state index contributed by atoms with van der Waals surface area (Å²) in [5, 5.41) is 0. The maximum absolute atomic E-state index is 12.0. The third kappa shape index (κ3) is 2.11. The van der Waals surface area contributed by atoms with E-state index in [1.807, 2.05) is 0 Å². The molecule has 7 heteroatoms. The molecule has 2 fully saturated rings. The second-order valence-electron chi connectivity index (χ2n) is 4.59. The molecule has 0 unspecified atom stereocenters. The van der Waals surface area contributed by atoms with Crippen LogP contribution in [-0.4, -0.2) is 69.2 Å². The van der Waals surface area contributed by atoms with E-state index in [4.69, 9.17) is 18.9 Å². The Morgan fingerprint density at radius 2 is 2.16 bits per heavy atom. The molecule has 0 aromatic carbocycles. The summed E-state index contributed by atoms with van der Waals surface area (Å²) in [5.74, 6) is -1.43. The lowest BCUT2D eigenvalue weighted by molar-refractivity contribution is -0.224. The summed E-state index contributed by atoms with van der Waals surface area (Å²) < 4.78 is 21.4. The topological polar surface area (TPSA) is 74.3 Å². The fourth-order valence-electron chi connectivity index (χ4n) is 2.81. The Morgan fingerprint density at radius 1 is 1.47 bits per heavy atom. The number of rotatable bonds is 4. The number of hydrogen-bond acceptors (Lipinski definition) is 6. The van der Waals surface area contributed by atoms with Crippen molar-refractivity contribution in [3.05, 3.63) is 0 Å². The SMILES string of the molecule is CCOC(=O)N1C[C@@H](C=O)[C@H]2OCC(OC)(OC)[C@H]21. The molecule has 0 aromatic rings. The molecule has 2 heterocycles. The summed E-state index contributed by atoms with van der Waals surface area (Å²) in [6, 6.07) is -0.475. The van der Waals surface area contributed by atoms with Gasteiger partial charge in [0.25, 0.3) is 0 Å². The summed E-state index contributed by atoms with van der Waals surface area (Å²) in [7, 11) is 2.99. The van der Waals surface area contributed by atoms with E-state index in [9.17, 15) is 9.59 Å². The molecule has 0 N–H and O–H groups in total. The van der Waals surface area contributed by atoms with Crippen molar-refractivity contribution in [3.8, 4) is 0 Å². The highest BCUT2D eigenvalue weighted by Gasteiger charge is 2.61. The van der Waals surface area contributed by atoms with E-state index in [-0.39, 0.29) is 25.7 Å². The standard InChI is InChI=1S/C12H19NO6/c1-4-18-11(15)13-5-8(6-14)9-10(13)12(16-2,17-3)7-19-9/h6,8-10H,4-5,7H2,1-3H3/t8-,9+,10-/m0/s1. The van der Waals surface area contributed by atoms with Crippen LogP contribution in [0.15, 0.2) is 0 Å². The molecule has 108 valence electrons. The van der Waals surface area contributed by atoms with Crippen LogP contribution in [0.1, 0.15) is 6.92 Å². The number of nitrogens with zero attached hydrogens (tertiary/aromatic N) is 1. The molecule has 7 nitrogen and oxygen atoms in total. The maximum atomic E-state index is 12.0. The van der Waals surface area contributed by atoms with Gasteiger partial charge < -0.3 is 23.7 Å². The lowest BCUT2D eigenvalue weighted by atomic mass is 10.00. The van der Waals surface area contributed by atoms with Gasteiger partial charge >= 0.3 is 6.09 Å². The lowest BCUT2D eigenvalue weighted by Gasteiger charge is -2.35. The van der Waals surface area contributed by atoms with E-state index in [1.165, 1.54) is 19.1 Å². The fraction of sp³-hybridized carbons (Fsp3) is 0.833. The van der Waals surface area contributed by atoms with E-state index in [0.717, 1.165) is 6.29 Å². The van der Waals surface area contributed by atoms with Gasteiger partial charge in [-0.05, 0) is 6.92 Å². The summed E-state index contributed by atoms with van der Waals surface area (Å²) in [6.45, 7) is 2.43. The van der Waals surface area contributed by atoms with Crippen LogP contribution in [0.3, 0.4) is 0 Å². The number of ether oxygens (including phenoxy) is 4. The molecule has 1 amide bonds. The van der Waals surface area contributed by atoms with E-state index in [0.29, 0.717) is 0 Å². The third-order valence-electron chi connectivity index (χ3n) is 3.77. The Balaban J connectivity index is 2.29. The summed E-state index contributed by atoms with van der Waals surface area (Å²) in [5.41, 5.74) is 0. The van der Waals surface area contributed by atoms with Crippen molar-refractivity contribution in [3.63, 3.8) is 0 Å². The van der Waals surface area contributed by atoms with Crippen LogP contribution in [0.4, 0.5) is 4.79 Å². The van der Waals surface area contributed by atoms with Gasteiger partial charge in [-0.2, -0.15) is 0 Å². The van der Waals surface area contributed by atoms with Crippen LogP contribution in [0.5, 0.6) is 0 Å². The summed E-state index contributed by atoms with van der Waals surface area (Å²) in [4.78, 5) is 24.6. The molecule has 0 saturated carbocycles. The van der Waals surface area contributed by atoms with Crippen molar-refractivity contribution in [2.45, 2.75) is 24.9 Å². The molecule has 2 aliphatic rings. The van der Waals surface area contributed by atoms with Crippen molar-refractivity contribution < 1.29 is 28.5 Å². The van der Waals surface area contributed by atoms with Gasteiger partial charge in [-0.15, -0.1) is 0 Å². The maximum Gasteiger partial charge on any atom is 0.410 e. The van der Waals surface area contributed by atoms with Crippen LogP contribution in [0.2, 0.25) is 0 Å². The molecule has 2 aliphatic heterocycles. The van der Waals surface area contributed by atoms with Gasteiger partial charge in [0.05, 0.1) is 18.6 Å². The van der Waals surface area contributed by atoms with Crippen molar-refractivity contribution in [2.75, 3.05) is 34.0 Å². The zero-order valence-electron chi connectivity index (χ0n) is 11.3. The molecule has 0 bridgehead atoms. The van der Waals surface area contributed by atoms with E-state index >= 15 is 0 Å². The van der Waals surface area contributed by atoms with Crippen LogP contribution in [-0.2, 0) is 23.7 Å². The number of likely N-dealkylation sites (tertiary alicyclic amines) is 1. The van der Waals surface area contributed by atoms with Crippen molar-refractivity contribution in [1.29, 1.82) is 0 Å². The number of hydrogen-bond donors (Lipinski definition) is 0. The molecule has 0 radical (unpaired) electrons. The highest BCUT2D eigenvalue weighted by atomic mass is 16.7. The van der Waals surface area contributed by atoms with E-state index in [2.05, 4.69) is 0 Å². The first kappa shape index (κ1) is 14.2. The second-order valence-corrected chi connectivity index (χ2v) is 4.59. The number of amides is 1. The smallest absolute Gasteiger partial charge is 0.410 e. The summed E-state index contributed by atoms with van der Waals surface area (Å²) >= 11 is 0. The van der Waals surface area contributed by atoms with Crippen molar-refractivity contribution >= 4 is 12.4 Å². The molecule has 19 heavy (non-hydrogen) atoms. The van der Waals surface area contributed by atoms with Gasteiger partial charge in [0.2, 0.25) is 5.79 Å². The molecule has 2 saturated heterocycles. The Hall–Kier alpha value is -1.18. The predicted molar refractivity (Wildman–Crippen MR) is 63.6 cm³/mol. The minimum atomic E-state index is -1.05. The molecule has 0 spiro atoms.